The minimum atomic E-state index is -3.92. The lowest BCUT2D eigenvalue weighted by Crippen LogP contribution is -2.27. The summed E-state index contributed by atoms with van der Waals surface area (Å²) < 4.78 is 36.8. The SMILES string of the molecule is Cc1ccc(NC(=O)CS(=O)(=O)CC(=O)c2ccc(F)cc2)cc1. The molecule has 5 nitrogen and oxygen atoms in total. The Kier molecular flexibility index (Phi) is 5.46. The quantitative estimate of drug-likeness (QED) is 0.812. The van der Waals surface area contributed by atoms with Crippen molar-refractivity contribution in [2.24, 2.45) is 0 Å². The van der Waals surface area contributed by atoms with E-state index in [2.05, 4.69) is 5.32 Å². The fourth-order valence-corrected chi connectivity index (χ4v) is 3.14. The number of nitrogens with one attached hydrogen (secondary N) is 1. The summed E-state index contributed by atoms with van der Waals surface area (Å²) in [5, 5.41) is 2.47. The number of anilines is 1. The second kappa shape index (κ2) is 7.35. The Morgan fingerprint density at radius 2 is 1.54 bits per heavy atom. The zero-order valence-electron chi connectivity index (χ0n) is 13.0. The third-order valence-electron chi connectivity index (χ3n) is 3.20. The highest BCUT2D eigenvalue weighted by molar-refractivity contribution is 7.92. The maximum atomic E-state index is 12.8. The first-order valence-corrected chi connectivity index (χ1v) is 8.93. The van der Waals surface area contributed by atoms with Gasteiger partial charge < -0.3 is 5.32 Å². The van der Waals surface area contributed by atoms with Crippen LogP contribution in [-0.2, 0) is 14.6 Å². The number of ketones is 1. The summed E-state index contributed by atoms with van der Waals surface area (Å²) in [7, 11) is -3.92. The van der Waals surface area contributed by atoms with Crippen molar-refractivity contribution in [2.45, 2.75) is 6.92 Å². The fourth-order valence-electron chi connectivity index (χ4n) is 2.00. The summed E-state index contributed by atoms with van der Waals surface area (Å²) in [4.78, 5) is 23.7. The second-order valence-electron chi connectivity index (χ2n) is 5.38. The Balaban J connectivity index is 1.97. The van der Waals surface area contributed by atoms with Crippen molar-refractivity contribution in [3.05, 3.63) is 65.5 Å². The van der Waals surface area contributed by atoms with E-state index >= 15 is 0 Å². The number of carbonyl (C=O) groups is 2. The average molecular weight is 349 g/mol. The number of carbonyl (C=O) groups excluding carboxylic acids is 2. The van der Waals surface area contributed by atoms with Crippen LogP contribution in [0, 0.1) is 12.7 Å². The van der Waals surface area contributed by atoms with Crippen molar-refractivity contribution in [3.63, 3.8) is 0 Å². The monoisotopic (exact) mass is 349 g/mol. The van der Waals surface area contributed by atoms with Gasteiger partial charge in [-0.1, -0.05) is 17.7 Å². The third-order valence-corrected chi connectivity index (χ3v) is 4.61. The molecule has 0 aliphatic heterocycles. The maximum Gasteiger partial charge on any atom is 0.239 e. The number of hydrogen-bond donors (Lipinski definition) is 1. The van der Waals surface area contributed by atoms with Gasteiger partial charge in [0.05, 0.1) is 0 Å². The minimum absolute atomic E-state index is 0.0823. The van der Waals surface area contributed by atoms with Crippen LogP contribution >= 0.6 is 0 Å². The molecule has 0 aromatic heterocycles. The standard InChI is InChI=1S/C17H16FNO4S/c1-12-2-8-15(9-3-12)19-17(21)11-24(22,23)10-16(20)13-4-6-14(18)7-5-13/h2-9H,10-11H2,1H3,(H,19,21). The van der Waals surface area contributed by atoms with Gasteiger partial charge in [-0.05, 0) is 43.3 Å². The zero-order chi connectivity index (χ0) is 17.7. The van der Waals surface area contributed by atoms with Crippen molar-refractivity contribution < 1.29 is 22.4 Å². The van der Waals surface area contributed by atoms with Gasteiger partial charge in [0.2, 0.25) is 5.91 Å². The molecule has 0 spiro atoms. The number of benzene rings is 2. The van der Waals surface area contributed by atoms with Gasteiger partial charge in [-0.3, -0.25) is 9.59 Å². The summed E-state index contributed by atoms with van der Waals surface area (Å²) in [6, 6.07) is 11.4. The van der Waals surface area contributed by atoms with Crippen molar-refractivity contribution in [3.8, 4) is 0 Å². The Morgan fingerprint density at radius 1 is 0.958 bits per heavy atom. The van der Waals surface area contributed by atoms with Gasteiger partial charge in [0.1, 0.15) is 17.3 Å². The van der Waals surface area contributed by atoms with E-state index in [4.69, 9.17) is 0 Å². The first-order valence-electron chi connectivity index (χ1n) is 7.11. The molecule has 1 amide bonds. The molecule has 24 heavy (non-hydrogen) atoms. The molecule has 2 aromatic carbocycles. The fraction of sp³-hybridized carbons (Fsp3) is 0.176. The number of halogens is 1. The molecular weight excluding hydrogens is 333 g/mol. The molecule has 0 radical (unpaired) electrons. The molecule has 0 saturated carbocycles. The van der Waals surface area contributed by atoms with Crippen LogP contribution in [0.5, 0.6) is 0 Å². The van der Waals surface area contributed by atoms with Gasteiger partial charge >= 0.3 is 0 Å². The molecule has 0 saturated heterocycles. The first kappa shape index (κ1) is 17.8. The highest BCUT2D eigenvalue weighted by atomic mass is 32.2. The van der Waals surface area contributed by atoms with Gasteiger partial charge in [0, 0.05) is 11.3 Å². The number of aryl methyl sites for hydroxylation is 1. The van der Waals surface area contributed by atoms with Crippen molar-refractivity contribution >= 4 is 27.2 Å². The molecule has 2 aromatic rings. The molecule has 2 rings (SSSR count). The van der Waals surface area contributed by atoms with Crippen LogP contribution in [-0.4, -0.2) is 31.6 Å². The molecule has 0 aliphatic carbocycles. The van der Waals surface area contributed by atoms with E-state index in [-0.39, 0.29) is 5.56 Å². The van der Waals surface area contributed by atoms with Crippen LogP contribution < -0.4 is 5.32 Å². The van der Waals surface area contributed by atoms with Crippen molar-refractivity contribution in [1.29, 1.82) is 0 Å². The smallest absolute Gasteiger partial charge is 0.239 e. The summed E-state index contributed by atoms with van der Waals surface area (Å²) in [6.45, 7) is 1.89. The lowest BCUT2D eigenvalue weighted by molar-refractivity contribution is -0.113. The Bertz CT molecular complexity index is 843. The van der Waals surface area contributed by atoms with Crippen LogP contribution in [0.4, 0.5) is 10.1 Å². The van der Waals surface area contributed by atoms with Crippen LogP contribution in [0.15, 0.2) is 48.5 Å². The predicted molar refractivity (Wildman–Crippen MR) is 89.2 cm³/mol. The van der Waals surface area contributed by atoms with E-state index in [9.17, 15) is 22.4 Å². The van der Waals surface area contributed by atoms with Gasteiger partial charge in [-0.15, -0.1) is 0 Å². The predicted octanol–water partition coefficient (Wildman–Crippen LogP) is 2.37. The molecule has 0 fully saturated rings. The van der Waals surface area contributed by atoms with E-state index in [0.29, 0.717) is 5.69 Å². The normalized spacial score (nSPS) is 11.1. The molecule has 0 atom stereocenters. The number of amides is 1. The maximum absolute atomic E-state index is 12.8. The first-order chi connectivity index (χ1) is 11.2. The third kappa shape index (κ3) is 5.27. The van der Waals surface area contributed by atoms with E-state index < -0.39 is 38.9 Å². The summed E-state index contributed by atoms with van der Waals surface area (Å²) >= 11 is 0. The van der Waals surface area contributed by atoms with Crippen molar-refractivity contribution in [1.82, 2.24) is 0 Å². The number of rotatable bonds is 6. The topological polar surface area (TPSA) is 80.3 Å². The number of sulfone groups is 1. The lowest BCUT2D eigenvalue weighted by Gasteiger charge is -2.07. The molecule has 126 valence electrons. The molecule has 0 heterocycles. The van der Waals surface area contributed by atoms with Crippen LogP contribution in [0.2, 0.25) is 0 Å². The Morgan fingerprint density at radius 3 is 2.12 bits per heavy atom. The van der Waals surface area contributed by atoms with Gasteiger partial charge in [-0.2, -0.15) is 0 Å². The summed E-state index contributed by atoms with van der Waals surface area (Å²) in [6.07, 6.45) is 0. The zero-order valence-corrected chi connectivity index (χ0v) is 13.8. The Labute approximate surface area is 139 Å². The largest absolute Gasteiger partial charge is 0.325 e. The molecule has 0 aliphatic rings. The highest BCUT2D eigenvalue weighted by Crippen LogP contribution is 2.10. The lowest BCUT2D eigenvalue weighted by atomic mass is 10.1. The molecule has 1 N–H and O–H groups in total. The average Bonchev–Trinajstić information content (AvgIpc) is 2.49. The molecular formula is C17H16FNO4S. The molecule has 0 bridgehead atoms. The van der Waals surface area contributed by atoms with Crippen molar-refractivity contribution in [2.75, 3.05) is 16.8 Å². The highest BCUT2D eigenvalue weighted by Gasteiger charge is 2.21. The summed E-state index contributed by atoms with van der Waals surface area (Å²) in [5.41, 5.74) is 1.56. The van der Waals surface area contributed by atoms with E-state index in [1.807, 2.05) is 6.92 Å². The number of Topliss-reactive ketones (excluding diaryl/α,β-unsaturated/α-hetero) is 1. The van der Waals surface area contributed by atoms with Gasteiger partial charge in [0.25, 0.3) is 0 Å². The molecule has 7 heteroatoms. The van der Waals surface area contributed by atoms with Gasteiger partial charge in [0.15, 0.2) is 15.6 Å². The van der Waals surface area contributed by atoms with Crippen LogP contribution in [0.1, 0.15) is 15.9 Å². The van der Waals surface area contributed by atoms with Crippen LogP contribution in [0.3, 0.4) is 0 Å². The number of hydrogen-bond acceptors (Lipinski definition) is 4. The minimum Gasteiger partial charge on any atom is -0.325 e. The Hall–Kier alpha value is -2.54. The van der Waals surface area contributed by atoms with Crippen LogP contribution in [0.25, 0.3) is 0 Å². The van der Waals surface area contributed by atoms with E-state index in [1.165, 1.54) is 12.1 Å². The van der Waals surface area contributed by atoms with Gasteiger partial charge in [-0.25, -0.2) is 12.8 Å². The van der Waals surface area contributed by atoms with E-state index in [0.717, 1.165) is 17.7 Å². The second-order valence-corrected chi connectivity index (χ2v) is 7.44. The van der Waals surface area contributed by atoms with E-state index in [1.54, 1.807) is 24.3 Å². The molecule has 0 unspecified atom stereocenters. The summed E-state index contributed by atoms with van der Waals surface area (Å²) in [5.74, 6) is -3.52.